The van der Waals surface area contributed by atoms with Crippen LogP contribution in [0.15, 0.2) is 6.20 Å². The zero-order valence-electron chi connectivity index (χ0n) is 9.12. The minimum Gasteiger partial charge on any atom is -0.469 e. The van der Waals surface area contributed by atoms with Gasteiger partial charge in [0.25, 0.3) is 0 Å². The third-order valence-electron chi connectivity index (χ3n) is 2.38. The fourth-order valence-electron chi connectivity index (χ4n) is 1.55. The van der Waals surface area contributed by atoms with Gasteiger partial charge < -0.3 is 14.8 Å². The van der Waals surface area contributed by atoms with Crippen molar-refractivity contribution in [2.45, 2.75) is 19.3 Å². The van der Waals surface area contributed by atoms with Crippen LogP contribution < -0.4 is 0 Å². The van der Waals surface area contributed by atoms with Crippen molar-refractivity contribution in [1.29, 1.82) is 5.26 Å². The first-order valence-corrected chi connectivity index (χ1v) is 4.99. The molecule has 0 atom stereocenters. The van der Waals surface area contributed by atoms with Gasteiger partial charge in [-0.05, 0) is 24.0 Å². The molecule has 0 spiro atoms. The second-order valence-electron chi connectivity index (χ2n) is 3.33. The topological polar surface area (TPSA) is 86.1 Å². The van der Waals surface area contributed by atoms with Crippen molar-refractivity contribution >= 4 is 5.97 Å². The molecule has 0 amide bonds. The van der Waals surface area contributed by atoms with E-state index in [1.165, 1.54) is 7.11 Å². The van der Waals surface area contributed by atoms with Gasteiger partial charge in [-0.25, -0.2) is 0 Å². The first-order chi connectivity index (χ1) is 7.72. The largest absolute Gasteiger partial charge is 0.469 e. The van der Waals surface area contributed by atoms with E-state index in [2.05, 4.69) is 9.72 Å². The van der Waals surface area contributed by atoms with E-state index in [0.29, 0.717) is 18.5 Å². The Kier molecular flexibility index (Phi) is 4.55. The lowest BCUT2D eigenvalue weighted by Gasteiger charge is -2.02. The van der Waals surface area contributed by atoms with Gasteiger partial charge in [0.1, 0.15) is 11.8 Å². The number of nitrogens with one attached hydrogen (secondary N) is 1. The molecule has 5 heteroatoms. The van der Waals surface area contributed by atoms with Crippen molar-refractivity contribution in [3.05, 3.63) is 23.0 Å². The summed E-state index contributed by atoms with van der Waals surface area (Å²) in [6.07, 6.45) is 2.91. The third kappa shape index (κ3) is 2.84. The minimum absolute atomic E-state index is 0.0161. The van der Waals surface area contributed by atoms with Crippen molar-refractivity contribution in [2.75, 3.05) is 13.7 Å². The molecule has 1 aromatic heterocycles. The van der Waals surface area contributed by atoms with Crippen molar-refractivity contribution in [3.63, 3.8) is 0 Å². The number of methoxy groups -OCH3 is 1. The number of esters is 1. The summed E-state index contributed by atoms with van der Waals surface area (Å²) in [6.45, 7) is -0.0161. The summed E-state index contributed by atoms with van der Waals surface area (Å²) in [7, 11) is 1.34. The Labute approximate surface area is 93.7 Å². The molecule has 0 aliphatic carbocycles. The summed E-state index contributed by atoms with van der Waals surface area (Å²) in [6, 6.07) is 2.02. The quantitative estimate of drug-likeness (QED) is 0.711. The average Bonchev–Trinajstić information content (AvgIpc) is 2.69. The molecule has 16 heavy (non-hydrogen) atoms. The monoisotopic (exact) mass is 222 g/mol. The molecule has 0 radical (unpaired) electrons. The van der Waals surface area contributed by atoms with E-state index >= 15 is 0 Å². The van der Waals surface area contributed by atoms with Gasteiger partial charge in [0.2, 0.25) is 0 Å². The number of carbonyl (C=O) groups excluding carboxylic acids is 1. The molecule has 1 rings (SSSR count). The summed E-state index contributed by atoms with van der Waals surface area (Å²) in [5, 5.41) is 17.7. The van der Waals surface area contributed by atoms with Crippen LogP contribution in [0.4, 0.5) is 0 Å². The number of aliphatic hydroxyl groups excluding tert-OH is 1. The van der Waals surface area contributed by atoms with Crippen molar-refractivity contribution in [1.82, 2.24) is 4.98 Å². The number of aliphatic hydroxyl groups is 1. The Balaban J connectivity index is 2.76. The molecule has 1 aromatic rings. The van der Waals surface area contributed by atoms with Crippen LogP contribution in [0, 0.1) is 11.3 Å². The Morgan fingerprint density at radius 1 is 1.62 bits per heavy atom. The Bertz CT molecular complexity index is 404. The van der Waals surface area contributed by atoms with Gasteiger partial charge in [0.05, 0.1) is 7.11 Å². The molecule has 0 bridgehead atoms. The maximum Gasteiger partial charge on any atom is 0.305 e. The molecule has 0 fully saturated rings. The minimum atomic E-state index is -0.283. The number of ether oxygens (including phenoxy) is 1. The highest BCUT2D eigenvalue weighted by atomic mass is 16.5. The predicted molar refractivity (Wildman–Crippen MR) is 56.6 cm³/mol. The van der Waals surface area contributed by atoms with Crippen LogP contribution in [0.25, 0.3) is 0 Å². The molecule has 86 valence electrons. The number of hydrogen-bond acceptors (Lipinski definition) is 4. The van der Waals surface area contributed by atoms with E-state index in [4.69, 9.17) is 10.4 Å². The number of aromatic amines is 1. The molecule has 0 aliphatic rings. The van der Waals surface area contributed by atoms with Crippen LogP contribution in [0.5, 0.6) is 0 Å². The van der Waals surface area contributed by atoms with Gasteiger partial charge in [0.15, 0.2) is 0 Å². The first-order valence-electron chi connectivity index (χ1n) is 4.99. The standard InChI is InChI=1S/C11H14N2O3/c1-16-11(15)3-2-8-7-13-10(6-12)9(8)4-5-14/h7,13-14H,2-5H2,1H3. The van der Waals surface area contributed by atoms with Crippen LogP contribution in [0.1, 0.15) is 23.2 Å². The smallest absolute Gasteiger partial charge is 0.305 e. The Hall–Kier alpha value is -1.80. The average molecular weight is 222 g/mol. The van der Waals surface area contributed by atoms with E-state index in [0.717, 1.165) is 11.1 Å². The number of nitrogens with zero attached hydrogens (tertiary/aromatic N) is 1. The number of carbonyl (C=O) groups is 1. The lowest BCUT2D eigenvalue weighted by molar-refractivity contribution is -0.140. The number of rotatable bonds is 5. The zero-order chi connectivity index (χ0) is 12.0. The first kappa shape index (κ1) is 12.3. The molecule has 0 aliphatic heterocycles. The maximum absolute atomic E-state index is 11.0. The van der Waals surface area contributed by atoms with E-state index in [1.807, 2.05) is 6.07 Å². The van der Waals surface area contributed by atoms with Gasteiger partial charge in [-0.3, -0.25) is 4.79 Å². The summed E-state index contributed by atoms with van der Waals surface area (Å²) in [4.78, 5) is 13.8. The number of aryl methyl sites for hydroxylation is 1. The lowest BCUT2D eigenvalue weighted by Crippen LogP contribution is -2.03. The van der Waals surface area contributed by atoms with Gasteiger partial charge in [-0.1, -0.05) is 0 Å². The molecule has 0 saturated heterocycles. The van der Waals surface area contributed by atoms with Crippen LogP contribution in [-0.4, -0.2) is 29.8 Å². The van der Waals surface area contributed by atoms with Crippen LogP contribution >= 0.6 is 0 Å². The number of aromatic nitrogens is 1. The van der Waals surface area contributed by atoms with Gasteiger partial charge >= 0.3 is 5.97 Å². The highest BCUT2D eigenvalue weighted by Crippen LogP contribution is 2.16. The van der Waals surface area contributed by atoms with Crippen molar-refractivity contribution in [2.24, 2.45) is 0 Å². The normalized spacial score (nSPS) is 9.81. The van der Waals surface area contributed by atoms with Gasteiger partial charge in [-0.15, -0.1) is 0 Å². The summed E-state index contributed by atoms with van der Waals surface area (Å²) in [5.74, 6) is -0.283. The Morgan fingerprint density at radius 2 is 2.38 bits per heavy atom. The second kappa shape index (κ2) is 5.93. The van der Waals surface area contributed by atoms with Crippen molar-refractivity contribution < 1.29 is 14.6 Å². The molecule has 1 heterocycles. The van der Waals surface area contributed by atoms with E-state index in [1.54, 1.807) is 6.20 Å². The number of H-pyrrole nitrogens is 1. The maximum atomic E-state index is 11.0. The SMILES string of the molecule is COC(=O)CCc1c[nH]c(C#N)c1CCO. The summed E-state index contributed by atoms with van der Waals surface area (Å²) in [5.41, 5.74) is 2.12. The molecular weight excluding hydrogens is 208 g/mol. The highest BCUT2D eigenvalue weighted by molar-refractivity contribution is 5.69. The lowest BCUT2D eigenvalue weighted by atomic mass is 10.0. The molecule has 0 saturated carbocycles. The molecule has 0 unspecified atom stereocenters. The Morgan fingerprint density at radius 3 is 2.94 bits per heavy atom. The molecular formula is C11H14N2O3. The summed E-state index contributed by atoms with van der Waals surface area (Å²) >= 11 is 0. The fraction of sp³-hybridized carbons (Fsp3) is 0.455. The second-order valence-corrected chi connectivity index (χ2v) is 3.33. The predicted octanol–water partition coefficient (Wildman–Crippen LogP) is 0.527. The van der Waals surface area contributed by atoms with Crippen LogP contribution in [0.2, 0.25) is 0 Å². The van der Waals surface area contributed by atoms with E-state index < -0.39 is 0 Å². The van der Waals surface area contributed by atoms with Crippen LogP contribution in [-0.2, 0) is 22.4 Å². The van der Waals surface area contributed by atoms with Gasteiger partial charge in [0, 0.05) is 19.2 Å². The van der Waals surface area contributed by atoms with Crippen LogP contribution in [0.3, 0.4) is 0 Å². The highest BCUT2D eigenvalue weighted by Gasteiger charge is 2.11. The zero-order valence-corrected chi connectivity index (χ0v) is 9.12. The molecule has 5 nitrogen and oxygen atoms in total. The van der Waals surface area contributed by atoms with E-state index in [-0.39, 0.29) is 19.0 Å². The molecule has 2 N–H and O–H groups in total. The van der Waals surface area contributed by atoms with Gasteiger partial charge in [-0.2, -0.15) is 5.26 Å². The fourth-order valence-corrected chi connectivity index (χ4v) is 1.55. The molecule has 0 aromatic carbocycles. The summed E-state index contributed by atoms with van der Waals surface area (Å²) < 4.78 is 4.54. The van der Waals surface area contributed by atoms with Crippen molar-refractivity contribution in [3.8, 4) is 6.07 Å². The number of nitriles is 1. The van der Waals surface area contributed by atoms with E-state index in [9.17, 15) is 4.79 Å². The third-order valence-corrected chi connectivity index (χ3v) is 2.38. The number of hydrogen-bond donors (Lipinski definition) is 2.